The van der Waals surface area contributed by atoms with E-state index in [4.69, 9.17) is 5.26 Å². The van der Waals surface area contributed by atoms with Gasteiger partial charge in [-0.3, -0.25) is 9.80 Å². The molecular weight excluding hydrogens is 349 g/mol. The molecule has 4 heteroatoms. The fourth-order valence-corrected chi connectivity index (χ4v) is 5.20. The normalized spacial score (nSPS) is 25.0. The van der Waals surface area contributed by atoms with E-state index in [-0.39, 0.29) is 5.56 Å². The van der Waals surface area contributed by atoms with Crippen molar-refractivity contribution in [1.29, 1.82) is 5.26 Å². The summed E-state index contributed by atoms with van der Waals surface area (Å²) in [5.41, 5.74) is 4.94. The zero-order chi connectivity index (χ0) is 19.3. The van der Waals surface area contributed by atoms with Crippen LogP contribution in [-0.2, 0) is 6.54 Å². The molecule has 2 atom stereocenters. The molecule has 144 valence electrons. The molecule has 2 aromatic carbocycles. The van der Waals surface area contributed by atoms with Gasteiger partial charge in [-0.25, -0.2) is 4.39 Å². The van der Waals surface area contributed by atoms with Crippen LogP contribution in [0.25, 0.3) is 11.1 Å². The first-order valence-electron chi connectivity index (χ1n) is 10.4. The summed E-state index contributed by atoms with van der Waals surface area (Å²) in [6.45, 7) is 3.28. The fourth-order valence-electron chi connectivity index (χ4n) is 5.20. The second-order valence-electron chi connectivity index (χ2n) is 8.70. The molecule has 3 fully saturated rings. The number of likely N-dealkylation sites (tertiary alicyclic amines) is 1. The highest BCUT2D eigenvalue weighted by atomic mass is 19.1. The number of nitrogens with zero attached hydrogens (tertiary/aromatic N) is 3. The van der Waals surface area contributed by atoms with Gasteiger partial charge in [0.05, 0.1) is 5.56 Å². The van der Waals surface area contributed by atoms with Crippen molar-refractivity contribution >= 4 is 0 Å². The number of rotatable bonds is 4. The Bertz CT molecular complexity index is 929. The molecule has 0 amide bonds. The summed E-state index contributed by atoms with van der Waals surface area (Å²) < 4.78 is 14.3. The quantitative estimate of drug-likeness (QED) is 0.787. The van der Waals surface area contributed by atoms with Crippen LogP contribution in [-0.4, -0.2) is 42.0 Å². The van der Waals surface area contributed by atoms with Gasteiger partial charge in [0, 0.05) is 31.7 Å². The first-order valence-corrected chi connectivity index (χ1v) is 10.4. The number of likely N-dealkylation sites (N-methyl/N-ethyl adjacent to an activating group) is 1. The summed E-state index contributed by atoms with van der Waals surface area (Å²) >= 11 is 0. The lowest BCUT2D eigenvalue weighted by atomic mass is 9.91. The summed E-state index contributed by atoms with van der Waals surface area (Å²) in [5.74, 6) is 0.164. The average molecular weight is 375 g/mol. The lowest BCUT2D eigenvalue weighted by Gasteiger charge is -2.39. The van der Waals surface area contributed by atoms with Gasteiger partial charge in [0.2, 0.25) is 0 Å². The van der Waals surface area contributed by atoms with Crippen molar-refractivity contribution in [2.24, 2.45) is 0 Å². The molecule has 2 bridgehead atoms. The number of benzene rings is 2. The topological polar surface area (TPSA) is 30.3 Å². The maximum Gasteiger partial charge on any atom is 0.141 e. The monoisotopic (exact) mass is 375 g/mol. The van der Waals surface area contributed by atoms with Crippen molar-refractivity contribution in [2.75, 3.05) is 20.1 Å². The van der Waals surface area contributed by atoms with Crippen molar-refractivity contribution in [1.82, 2.24) is 9.80 Å². The molecule has 0 N–H and O–H groups in total. The minimum absolute atomic E-state index is 0.112. The third-order valence-electron chi connectivity index (χ3n) is 6.90. The average Bonchev–Trinajstić information content (AvgIpc) is 3.50. The highest BCUT2D eigenvalue weighted by molar-refractivity contribution is 5.71. The number of nitriles is 1. The van der Waals surface area contributed by atoms with Crippen molar-refractivity contribution in [3.63, 3.8) is 0 Å². The SMILES string of the molecule is CN1C2CCC1CN(Cc1cccc(-c3ccc(C#N)c(F)c3)c1C1CC1)C2. The van der Waals surface area contributed by atoms with Crippen LogP contribution in [0.1, 0.15) is 48.3 Å². The van der Waals surface area contributed by atoms with E-state index >= 15 is 0 Å². The molecular formula is C24H26FN3. The summed E-state index contributed by atoms with van der Waals surface area (Å²) in [4.78, 5) is 5.18. The van der Waals surface area contributed by atoms with Crippen LogP contribution in [0.15, 0.2) is 36.4 Å². The molecule has 2 unspecified atom stereocenters. The third kappa shape index (κ3) is 3.13. The highest BCUT2D eigenvalue weighted by Gasteiger charge is 2.38. The van der Waals surface area contributed by atoms with Gasteiger partial charge >= 0.3 is 0 Å². The first kappa shape index (κ1) is 17.8. The maximum absolute atomic E-state index is 14.3. The van der Waals surface area contributed by atoms with Crippen LogP contribution in [0, 0.1) is 17.1 Å². The van der Waals surface area contributed by atoms with Crippen molar-refractivity contribution in [2.45, 2.75) is 50.2 Å². The van der Waals surface area contributed by atoms with E-state index in [9.17, 15) is 4.39 Å². The number of hydrogen-bond acceptors (Lipinski definition) is 3. The van der Waals surface area contributed by atoms with Crippen LogP contribution in [0.3, 0.4) is 0 Å². The lowest BCUT2D eigenvalue weighted by molar-refractivity contribution is 0.0836. The molecule has 3 aliphatic rings. The number of fused-ring (bicyclic) bond motifs is 2. The maximum atomic E-state index is 14.3. The number of hydrogen-bond donors (Lipinski definition) is 0. The van der Waals surface area contributed by atoms with Gasteiger partial charge in [-0.15, -0.1) is 0 Å². The Morgan fingerprint density at radius 2 is 1.82 bits per heavy atom. The lowest BCUT2D eigenvalue weighted by Crippen LogP contribution is -2.51. The van der Waals surface area contributed by atoms with E-state index in [2.05, 4.69) is 35.0 Å². The molecule has 2 aromatic rings. The highest BCUT2D eigenvalue weighted by Crippen LogP contribution is 2.46. The molecule has 3 nitrogen and oxygen atoms in total. The van der Waals surface area contributed by atoms with Crippen molar-refractivity contribution < 1.29 is 4.39 Å². The van der Waals surface area contributed by atoms with Crippen molar-refractivity contribution in [3.8, 4) is 17.2 Å². The minimum atomic E-state index is -0.428. The summed E-state index contributed by atoms with van der Waals surface area (Å²) in [5, 5.41) is 9.03. The van der Waals surface area contributed by atoms with E-state index in [0.29, 0.717) is 18.0 Å². The Balaban J connectivity index is 1.47. The Labute approximate surface area is 166 Å². The first-order chi connectivity index (χ1) is 13.6. The van der Waals surface area contributed by atoms with Crippen LogP contribution in [0.4, 0.5) is 4.39 Å². The van der Waals surface area contributed by atoms with Gasteiger partial charge in [-0.1, -0.05) is 24.3 Å². The molecule has 1 saturated carbocycles. The Kier molecular flexibility index (Phi) is 4.45. The van der Waals surface area contributed by atoms with Crippen LogP contribution in [0.2, 0.25) is 0 Å². The number of piperazine rings is 1. The third-order valence-corrected chi connectivity index (χ3v) is 6.90. The van der Waals surface area contributed by atoms with Gasteiger partial charge < -0.3 is 0 Å². The molecule has 2 saturated heterocycles. The molecule has 2 aliphatic heterocycles. The summed E-state index contributed by atoms with van der Waals surface area (Å²) in [6.07, 6.45) is 5.07. The standard InChI is InChI=1S/C24H26FN3/c1-27-20-9-10-21(27)15-28(14-20)13-19-3-2-4-22(24(19)16-5-6-16)17-7-8-18(12-26)23(25)11-17/h2-4,7-8,11,16,20-21H,5-6,9-10,13-15H2,1H3. The summed E-state index contributed by atoms with van der Waals surface area (Å²) in [7, 11) is 2.27. The van der Waals surface area contributed by atoms with Crippen molar-refractivity contribution in [3.05, 3.63) is 58.9 Å². The van der Waals surface area contributed by atoms with E-state index in [1.807, 2.05) is 12.1 Å². The number of halogens is 1. The minimum Gasteiger partial charge on any atom is -0.298 e. The van der Waals surface area contributed by atoms with E-state index in [0.717, 1.165) is 30.8 Å². The van der Waals surface area contributed by atoms with Gasteiger partial charge in [0.1, 0.15) is 11.9 Å². The fraction of sp³-hybridized carbons (Fsp3) is 0.458. The Hall–Kier alpha value is -2.22. The van der Waals surface area contributed by atoms with E-state index < -0.39 is 5.82 Å². The molecule has 28 heavy (non-hydrogen) atoms. The van der Waals surface area contributed by atoms with Crippen LogP contribution >= 0.6 is 0 Å². The largest absolute Gasteiger partial charge is 0.298 e. The predicted molar refractivity (Wildman–Crippen MR) is 108 cm³/mol. The molecule has 0 aromatic heterocycles. The van der Waals surface area contributed by atoms with Gasteiger partial charge in [-0.2, -0.15) is 5.26 Å². The molecule has 5 rings (SSSR count). The van der Waals surface area contributed by atoms with Gasteiger partial charge in [0.25, 0.3) is 0 Å². The van der Waals surface area contributed by atoms with Crippen LogP contribution < -0.4 is 0 Å². The Morgan fingerprint density at radius 1 is 1.07 bits per heavy atom. The second kappa shape index (κ2) is 6.99. The summed E-state index contributed by atoms with van der Waals surface area (Å²) in [6, 6.07) is 14.8. The van der Waals surface area contributed by atoms with E-state index in [1.165, 1.54) is 42.9 Å². The second-order valence-corrected chi connectivity index (χ2v) is 8.70. The molecule has 0 radical (unpaired) electrons. The van der Waals surface area contributed by atoms with Gasteiger partial charge in [0.15, 0.2) is 0 Å². The molecule has 2 heterocycles. The van der Waals surface area contributed by atoms with Crippen LogP contribution in [0.5, 0.6) is 0 Å². The molecule has 0 spiro atoms. The Morgan fingerprint density at radius 3 is 2.46 bits per heavy atom. The van der Waals surface area contributed by atoms with E-state index in [1.54, 1.807) is 6.07 Å². The smallest absolute Gasteiger partial charge is 0.141 e. The predicted octanol–water partition coefficient (Wildman–Crippen LogP) is 4.52. The molecule has 1 aliphatic carbocycles. The zero-order valence-corrected chi connectivity index (χ0v) is 16.4. The zero-order valence-electron chi connectivity index (χ0n) is 16.4. The van der Waals surface area contributed by atoms with Gasteiger partial charge in [-0.05, 0) is 73.0 Å².